The van der Waals surface area contributed by atoms with Gasteiger partial charge >= 0.3 is 0 Å². The van der Waals surface area contributed by atoms with Crippen molar-refractivity contribution in [2.45, 2.75) is 44.8 Å². The van der Waals surface area contributed by atoms with Gasteiger partial charge in [0, 0.05) is 13.0 Å². The van der Waals surface area contributed by atoms with E-state index in [0.717, 1.165) is 36.9 Å². The molecule has 2 heterocycles. The molecule has 0 aliphatic carbocycles. The van der Waals surface area contributed by atoms with Crippen LogP contribution >= 0.6 is 0 Å². The van der Waals surface area contributed by atoms with Crippen LogP contribution in [0, 0.1) is 0 Å². The fourth-order valence-electron chi connectivity index (χ4n) is 2.80. The molecular weight excluding hydrogens is 252 g/mol. The SMILES string of the molecule is O=C(CCCC1CCCO1)Cn1cnc2ccccc21. The molecule has 1 aliphatic rings. The highest BCUT2D eigenvalue weighted by molar-refractivity contribution is 5.81. The zero-order valence-electron chi connectivity index (χ0n) is 11.6. The van der Waals surface area contributed by atoms with Gasteiger partial charge in [-0.05, 0) is 37.8 Å². The summed E-state index contributed by atoms with van der Waals surface area (Å²) in [7, 11) is 0. The average Bonchev–Trinajstić information content (AvgIpc) is 3.09. The van der Waals surface area contributed by atoms with Crippen LogP contribution in [0.25, 0.3) is 11.0 Å². The Morgan fingerprint density at radius 2 is 2.30 bits per heavy atom. The van der Waals surface area contributed by atoms with E-state index >= 15 is 0 Å². The van der Waals surface area contributed by atoms with Gasteiger partial charge in [-0.3, -0.25) is 4.79 Å². The lowest BCUT2D eigenvalue weighted by molar-refractivity contribution is -0.119. The van der Waals surface area contributed by atoms with Gasteiger partial charge in [-0.25, -0.2) is 4.98 Å². The minimum absolute atomic E-state index is 0.270. The van der Waals surface area contributed by atoms with Gasteiger partial charge in [-0.1, -0.05) is 12.1 Å². The molecule has 1 aliphatic heterocycles. The Morgan fingerprint density at radius 3 is 3.15 bits per heavy atom. The number of benzene rings is 1. The molecule has 0 bridgehead atoms. The van der Waals surface area contributed by atoms with Crippen LogP contribution in [0.5, 0.6) is 0 Å². The van der Waals surface area contributed by atoms with Crippen LogP contribution in [0.2, 0.25) is 0 Å². The van der Waals surface area contributed by atoms with E-state index in [4.69, 9.17) is 4.74 Å². The van der Waals surface area contributed by atoms with Crippen molar-refractivity contribution in [3.8, 4) is 0 Å². The third-order valence-corrected chi connectivity index (χ3v) is 3.88. The summed E-state index contributed by atoms with van der Waals surface area (Å²) >= 11 is 0. The first kappa shape index (κ1) is 13.3. The van der Waals surface area contributed by atoms with Crippen LogP contribution < -0.4 is 0 Å². The van der Waals surface area contributed by atoms with Gasteiger partial charge in [-0.15, -0.1) is 0 Å². The molecule has 1 fully saturated rings. The summed E-state index contributed by atoms with van der Waals surface area (Å²) in [5, 5.41) is 0. The van der Waals surface area contributed by atoms with Gasteiger partial charge in [-0.2, -0.15) is 0 Å². The zero-order valence-corrected chi connectivity index (χ0v) is 11.6. The highest BCUT2D eigenvalue weighted by Gasteiger charge is 2.15. The fourth-order valence-corrected chi connectivity index (χ4v) is 2.80. The first-order valence-electron chi connectivity index (χ1n) is 7.36. The normalized spacial score (nSPS) is 18.7. The summed E-state index contributed by atoms with van der Waals surface area (Å²) in [6.45, 7) is 1.31. The van der Waals surface area contributed by atoms with Crippen LogP contribution in [0.1, 0.15) is 32.1 Å². The smallest absolute Gasteiger partial charge is 0.152 e. The number of imidazole rings is 1. The number of rotatable bonds is 6. The summed E-state index contributed by atoms with van der Waals surface area (Å²) in [4.78, 5) is 16.3. The lowest BCUT2D eigenvalue weighted by atomic mass is 10.1. The number of ketones is 1. The van der Waals surface area contributed by atoms with Crippen molar-refractivity contribution in [2.24, 2.45) is 0 Å². The van der Waals surface area contributed by atoms with E-state index in [9.17, 15) is 4.79 Å². The Balaban J connectivity index is 1.50. The van der Waals surface area contributed by atoms with Crippen molar-refractivity contribution < 1.29 is 9.53 Å². The molecule has 0 N–H and O–H groups in total. The molecule has 1 aromatic carbocycles. The standard InChI is InChI=1S/C16H20N2O2/c19-13(5-3-6-14-7-4-10-20-14)11-18-12-17-15-8-1-2-9-16(15)18/h1-2,8-9,12,14H,3-7,10-11H2. The lowest BCUT2D eigenvalue weighted by Gasteiger charge is -2.08. The molecule has 0 amide bonds. The molecule has 1 atom stereocenters. The van der Waals surface area contributed by atoms with Gasteiger partial charge < -0.3 is 9.30 Å². The van der Waals surface area contributed by atoms with Gasteiger partial charge in [0.05, 0.1) is 30.0 Å². The van der Waals surface area contributed by atoms with Crippen LogP contribution in [-0.4, -0.2) is 28.0 Å². The number of hydrogen-bond donors (Lipinski definition) is 0. The molecule has 0 saturated carbocycles. The van der Waals surface area contributed by atoms with Crippen molar-refractivity contribution in [1.82, 2.24) is 9.55 Å². The maximum atomic E-state index is 12.0. The number of carbonyl (C=O) groups is 1. The van der Waals surface area contributed by atoms with Crippen molar-refractivity contribution in [3.05, 3.63) is 30.6 Å². The third kappa shape index (κ3) is 3.07. The monoisotopic (exact) mass is 272 g/mol. The fraction of sp³-hybridized carbons (Fsp3) is 0.500. The summed E-state index contributed by atoms with van der Waals surface area (Å²) < 4.78 is 7.51. The predicted molar refractivity (Wildman–Crippen MR) is 77.6 cm³/mol. The van der Waals surface area contributed by atoms with Crippen molar-refractivity contribution in [2.75, 3.05) is 6.61 Å². The Kier molecular flexibility index (Phi) is 4.11. The van der Waals surface area contributed by atoms with E-state index in [1.807, 2.05) is 28.8 Å². The first-order chi connectivity index (χ1) is 9.83. The summed E-state index contributed by atoms with van der Waals surface area (Å²) in [5.74, 6) is 0.270. The predicted octanol–water partition coefficient (Wildman–Crippen LogP) is 2.95. The summed E-state index contributed by atoms with van der Waals surface area (Å²) in [5.41, 5.74) is 1.97. The molecule has 4 nitrogen and oxygen atoms in total. The first-order valence-corrected chi connectivity index (χ1v) is 7.36. The average molecular weight is 272 g/mol. The van der Waals surface area contributed by atoms with Gasteiger partial charge in [0.15, 0.2) is 5.78 Å². The highest BCUT2D eigenvalue weighted by atomic mass is 16.5. The Bertz CT molecular complexity index is 585. The minimum Gasteiger partial charge on any atom is -0.378 e. The topological polar surface area (TPSA) is 44.1 Å². The number of fused-ring (bicyclic) bond motifs is 1. The van der Waals surface area contributed by atoms with Gasteiger partial charge in [0.25, 0.3) is 0 Å². The highest BCUT2D eigenvalue weighted by Crippen LogP contribution is 2.18. The molecular formula is C16H20N2O2. The molecule has 0 spiro atoms. The quantitative estimate of drug-likeness (QED) is 0.812. The van der Waals surface area contributed by atoms with E-state index in [-0.39, 0.29) is 5.78 Å². The van der Waals surface area contributed by atoms with E-state index in [1.54, 1.807) is 6.33 Å². The molecule has 1 aromatic heterocycles. The number of hydrogen-bond acceptors (Lipinski definition) is 3. The van der Waals surface area contributed by atoms with Gasteiger partial charge in [0.2, 0.25) is 0 Å². The van der Waals surface area contributed by atoms with Crippen LogP contribution in [0.15, 0.2) is 30.6 Å². The van der Waals surface area contributed by atoms with E-state index in [1.165, 1.54) is 6.42 Å². The molecule has 0 radical (unpaired) electrons. The molecule has 2 aromatic rings. The molecule has 1 saturated heterocycles. The molecule has 3 rings (SSSR count). The van der Waals surface area contributed by atoms with Crippen molar-refractivity contribution >= 4 is 16.8 Å². The van der Waals surface area contributed by atoms with E-state index in [2.05, 4.69) is 4.98 Å². The summed E-state index contributed by atoms with van der Waals surface area (Å²) in [6, 6.07) is 7.90. The molecule has 1 unspecified atom stereocenters. The Labute approximate surface area is 118 Å². The lowest BCUT2D eigenvalue weighted by Crippen LogP contribution is -2.11. The number of ether oxygens (including phenoxy) is 1. The van der Waals surface area contributed by atoms with Crippen molar-refractivity contribution in [3.63, 3.8) is 0 Å². The zero-order chi connectivity index (χ0) is 13.8. The van der Waals surface area contributed by atoms with Gasteiger partial charge in [0.1, 0.15) is 0 Å². The third-order valence-electron chi connectivity index (χ3n) is 3.88. The second kappa shape index (κ2) is 6.18. The second-order valence-corrected chi connectivity index (χ2v) is 5.43. The van der Waals surface area contributed by atoms with E-state index < -0.39 is 0 Å². The maximum Gasteiger partial charge on any atom is 0.152 e. The second-order valence-electron chi connectivity index (χ2n) is 5.43. The van der Waals surface area contributed by atoms with Crippen LogP contribution in [-0.2, 0) is 16.1 Å². The van der Waals surface area contributed by atoms with Crippen molar-refractivity contribution in [1.29, 1.82) is 0 Å². The largest absolute Gasteiger partial charge is 0.378 e. The number of Topliss-reactive ketones (excluding diaryl/α,β-unsaturated/α-hetero) is 1. The Hall–Kier alpha value is -1.68. The number of aromatic nitrogens is 2. The molecule has 106 valence electrons. The number of para-hydroxylation sites is 2. The van der Waals surface area contributed by atoms with Crippen LogP contribution in [0.4, 0.5) is 0 Å². The van der Waals surface area contributed by atoms with Crippen LogP contribution in [0.3, 0.4) is 0 Å². The number of nitrogens with zero attached hydrogens (tertiary/aromatic N) is 2. The van der Waals surface area contributed by atoms with E-state index in [0.29, 0.717) is 19.1 Å². The molecule has 20 heavy (non-hydrogen) atoms. The number of carbonyl (C=O) groups excluding carboxylic acids is 1. The summed E-state index contributed by atoms with van der Waals surface area (Å²) in [6.07, 6.45) is 7.03. The minimum atomic E-state index is 0.270. The molecule has 4 heteroatoms. The Morgan fingerprint density at radius 1 is 1.40 bits per heavy atom. The maximum absolute atomic E-state index is 12.0.